The molecule has 3 aromatic rings. The first-order valence-corrected chi connectivity index (χ1v) is 20.1. The summed E-state index contributed by atoms with van der Waals surface area (Å²) in [4.78, 5) is 115. The average Bonchev–Trinajstić information content (AvgIpc) is 3.79. The molecule has 3 atom stereocenters. The van der Waals surface area contributed by atoms with E-state index >= 15 is 4.39 Å². The molecule has 19 nitrogen and oxygen atoms in total. The van der Waals surface area contributed by atoms with E-state index in [2.05, 4.69) is 26.6 Å². The van der Waals surface area contributed by atoms with Gasteiger partial charge < -0.3 is 46.9 Å². The predicted molar refractivity (Wildman–Crippen MR) is 225 cm³/mol. The first-order chi connectivity index (χ1) is 30.3. The lowest BCUT2D eigenvalue weighted by Crippen LogP contribution is -2.56. The summed E-state index contributed by atoms with van der Waals surface area (Å²) in [5, 5.41) is 22.2. The number of hydrogen-bond acceptors (Lipinski definition) is 10. The van der Waals surface area contributed by atoms with Gasteiger partial charge in [-0.3, -0.25) is 48.1 Å². The van der Waals surface area contributed by atoms with Gasteiger partial charge in [0, 0.05) is 61.3 Å². The number of primary amides is 1. The molecule has 9 amide bonds. The second-order valence-corrected chi connectivity index (χ2v) is 15.8. The topological polar surface area (TPSA) is 271 Å². The first kappa shape index (κ1) is 49.4. The van der Waals surface area contributed by atoms with Crippen LogP contribution >= 0.6 is 0 Å². The number of imide groups is 1. The van der Waals surface area contributed by atoms with Crippen LogP contribution in [-0.4, -0.2) is 125 Å². The summed E-state index contributed by atoms with van der Waals surface area (Å²) in [5.74, 6) is -8.04. The fraction of sp³-hybridized carbons (Fsp3) is 0.372. The van der Waals surface area contributed by atoms with E-state index in [0.29, 0.717) is 10.6 Å². The summed E-state index contributed by atoms with van der Waals surface area (Å²) in [6.45, 7) is 2.72. The molecule has 2 aromatic carbocycles. The van der Waals surface area contributed by atoms with Crippen LogP contribution in [0.25, 0.3) is 11.1 Å². The van der Waals surface area contributed by atoms with Crippen LogP contribution in [0.4, 0.5) is 8.78 Å². The Hall–Kier alpha value is -7.29. The molecule has 0 radical (unpaired) electrons. The summed E-state index contributed by atoms with van der Waals surface area (Å²) in [6, 6.07) is 9.70. The van der Waals surface area contributed by atoms with Gasteiger partial charge in [0.25, 0.3) is 11.8 Å². The van der Waals surface area contributed by atoms with Crippen molar-refractivity contribution in [1.29, 1.82) is 0 Å². The SMILES string of the molecule is CC(C)(C)C(c1cc(-c2cc(F)ccc2F)cn1Cc1ccccc1)N(CCC(NC(=O)C(CC(N)=O)NC(=O)CNC=O)C(=O)NCCNC(=O)CN1C(=O)C=CC1=O)C(=O)CO. The summed E-state index contributed by atoms with van der Waals surface area (Å²) >= 11 is 0. The van der Waals surface area contributed by atoms with E-state index in [-0.39, 0.29) is 50.1 Å². The molecule has 1 aliphatic heterocycles. The molecular formula is C43H51F2N9O10. The maximum absolute atomic E-state index is 15.2. The predicted octanol–water partition coefficient (Wildman–Crippen LogP) is -0.472. The van der Waals surface area contributed by atoms with Crippen molar-refractivity contribution in [3.63, 3.8) is 0 Å². The normalized spacial score (nSPS) is 13.7. The Labute approximate surface area is 366 Å². The quantitative estimate of drug-likeness (QED) is 0.0365. The number of nitrogens with two attached hydrogens (primary N) is 1. The van der Waals surface area contributed by atoms with Gasteiger partial charge in [-0.15, -0.1) is 0 Å². The van der Waals surface area contributed by atoms with Crippen molar-refractivity contribution < 1.29 is 57.0 Å². The number of amides is 9. The van der Waals surface area contributed by atoms with E-state index in [0.717, 1.165) is 35.9 Å². The second-order valence-electron chi connectivity index (χ2n) is 15.8. The van der Waals surface area contributed by atoms with Gasteiger partial charge in [0.15, 0.2) is 0 Å². The van der Waals surface area contributed by atoms with Crippen LogP contribution in [0.1, 0.15) is 50.9 Å². The monoisotopic (exact) mass is 891 g/mol. The molecule has 0 fully saturated rings. The van der Waals surface area contributed by atoms with Crippen LogP contribution in [0, 0.1) is 17.0 Å². The Balaban J connectivity index is 1.68. The highest BCUT2D eigenvalue weighted by molar-refractivity contribution is 6.14. The van der Waals surface area contributed by atoms with E-state index in [9.17, 15) is 52.6 Å². The zero-order chi connectivity index (χ0) is 47.1. The molecule has 0 bridgehead atoms. The average molecular weight is 892 g/mol. The Morgan fingerprint density at radius 2 is 1.55 bits per heavy atom. The zero-order valence-electron chi connectivity index (χ0n) is 35.4. The summed E-state index contributed by atoms with van der Waals surface area (Å²) < 4.78 is 31.5. The maximum atomic E-state index is 15.2. The van der Waals surface area contributed by atoms with Crippen molar-refractivity contribution in [1.82, 2.24) is 41.0 Å². The molecule has 1 aromatic heterocycles. The third-order valence-electron chi connectivity index (χ3n) is 9.88. The second kappa shape index (κ2) is 22.7. The summed E-state index contributed by atoms with van der Waals surface area (Å²) in [7, 11) is 0. The lowest BCUT2D eigenvalue weighted by molar-refractivity contribution is -0.141. The van der Waals surface area contributed by atoms with E-state index in [1.54, 1.807) is 37.6 Å². The minimum atomic E-state index is -1.63. The Bertz CT molecular complexity index is 2240. The molecule has 0 aliphatic carbocycles. The molecular weight excluding hydrogens is 841 g/mol. The van der Waals surface area contributed by atoms with Gasteiger partial charge in [0.2, 0.25) is 41.9 Å². The first-order valence-electron chi connectivity index (χ1n) is 20.1. The highest BCUT2D eigenvalue weighted by Crippen LogP contribution is 2.41. The Kier molecular flexibility index (Phi) is 17.5. The van der Waals surface area contributed by atoms with E-state index < -0.39 is 109 Å². The van der Waals surface area contributed by atoms with Crippen LogP contribution < -0.4 is 32.3 Å². The molecule has 21 heteroatoms. The molecule has 64 heavy (non-hydrogen) atoms. The third-order valence-corrected chi connectivity index (χ3v) is 9.88. The van der Waals surface area contributed by atoms with Crippen LogP contribution in [-0.2, 0) is 49.7 Å². The standard InChI is InChI=1S/C43H51F2N9O10/c1-43(2,3)40(33-17-27(29-18-28(44)9-10-30(29)45)22-52(33)21-26-7-5-4-6-8-26)53(39(62)24-55)16-13-31(51-42(64)32(19-34(46)57)50-35(58)20-47-25-56)41(63)49-15-14-48-36(59)23-54-37(60)11-12-38(54)61/h4-12,17-18,22,25,31-32,40,55H,13-16,19-21,23-24H2,1-3H3,(H2,46,57)(H,47,56)(H,48,59)(H,49,63)(H,50,58)(H,51,64). The minimum Gasteiger partial charge on any atom is -0.387 e. The molecule has 8 N–H and O–H groups in total. The number of aliphatic hydroxyl groups is 1. The third kappa shape index (κ3) is 13.9. The van der Waals surface area contributed by atoms with E-state index in [4.69, 9.17) is 5.73 Å². The number of rotatable bonds is 23. The fourth-order valence-corrected chi connectivity index (χ4v) is 7.00. The molecule has 0 spiro atoms. The van der Waals surface area contributed by atoms with Gasteiger partial charge >= 0.3 is 0 Å². The van der Waals surface area contributed by atoms with Gasteiger partial charge in [-0.05, 0) is 41.7 Å². The molecule has 2 heterocycles. The van der Waals surface area contributed by atoms with Crippen molar-refractivity contribution in [3.8, 4) is 11.1 Å². The smallest absolute Gasteiger partial charge is 0.254 e. The highest BCUT2D eigenvalue weighted by atomic mass is 19.1. The van der Waals surface area contributed by atoms with Gasteiger partial charge in [-0.1, -0.05) is 51.1 Å². The number of nitrogens with one attached hydrogen (secondary N) is 5. The Morgan fingerprint density at radius 1 is 0.875 bits per heavy atom. The number of halogens is 2. The fourth-order valence-electron chi connectivity index (χ4n) is 7.00. The van der Waals surface area contributed by atoms with Gasteiger partial charge in [-0.25, -0.2) is 8.78 Å². The van der Waals surface area contributed by atoms with Crippen molar-refractivity contribution >= 4 is 53.7 Å². The number of benzene rings is 2. The number of hydrogen-bond donors (Lipinski definition) is 7. The highest BCUT2D eigenvalue weighted by Gasteiger charge is 2.38. The van der Waals surface area contributed by atoms with Gasteiger partial charge in [0.05, 0.1) is 19.0 Å². The largest absolute Gasteiger partial charge is 0.387 e. The van der Waals surface area contributed by atoms with Crippen molar-refractivity contribution in [2.45, 2.75) is 58.3 Å². The van der Waals surface area contributed by atoms with Crippen LogP contribution in [0.15, 0.2) is 72.9 Å². The molecule has 0 saturated carbocycles. The molecule has 1 aliphatic rings. The molecule has 0 saturated heterocycles. The zero-order valence-corrected chi connectivity index (χ0v) is 35.4. The van der Waals surface area contributed by atoms with Crippen molar-refractivity contribution in [2.24, 2.45) is 11.1 Å². The lowest BCUT2D eigenvalue weighted by atomic mass is 9.82. The van der Waals surface area contributed by atoms with E-state index in [1.807, 2.05) is 30.3 Å². The van der Waals surface area contributed by atoms with Crippen LogP contribution in [0.2, 0.25) is 0 Å². The minimum absolute atomic E-state index is 0.0500. The molecule has 342 valence electrons. The van der Waals surface area contributed by atoms with Gasteiger partial charge in [0.1, 0.15) is 36.9 Å². The number of aromatic nitrogens is 1. The molecule has 4 rings (SSSR count). The number of carbonyl (C=O) groups is 9. The number of carbonyl (C=O) groups excluding carboxylic acids is 9. The van der Waals surface area contributed by atoms with Crippen molar-refractivity contribution in [3.05, 3.63) is 95.8 Å². The van der Waals surface area contributed by atoms with Crippen LogP contribution in [0.3, 0.4) is 0 Å². The van der Waals surface area contributed by atoms with Gasteiger partial charge in [-0.2, -0.15) is 0 Å². The lowest BCUT2D eigenvalue weighted by Gasteiger charge is -2.41. The summed E-state index contributed by atoms with van der Waals surface area (Å²) in [5.41, 5.74) is 5.99. The number of nitrogens with zero attached hydrogens (tertiary/aromatic N) is 3. The van der Waals surface area contributed by atoms with Crippen molar-refractivity contribution in [2.75, 3.05) is 39.3 Å². The maximum Gasteiger partial charge on any atom is 0.254 e. The van der Waals surface area contributed by atoms with E-state index in [1.165, 1.54) is 4.90 Å². The Morgan fingerprint density at radius 3 is 2.17 bits per heavy atom. The van der Waals surface area contributed by atoms with Crippen LogP contribution in [0.5, 0.6) is 0 Å². The summed E-state index contributed by atoms with van der Waals surface area (Å²) in [6.07, 6.45) is 2.80. The molecule has 3 unspecified atom stereocenters. The number of aliphatic hydroxyl groups excluding tert-OH is 1.